The molecule has 0 aromatic heterocycles. The Hall–Kier alpha value is -2.44. The summed E-state index contributed by atoms with van der Waals surface area (Å²) in [7, 11) is 0. The molecule has 4 fully saturated rings. The lowest BCUT2D eigenvalue weighted by molar-refractivity contribution is -0.207. The molecule has 0 aliphatic heterocycles. The number of nitrogens with one attached hydrogen (secondary N) is 1. The Balaban J connectivity index is 1.19. The number of hydrogen-bond donors (Lipinski definition) is 4. The summed E-state index contributed by atoms with van der Waals surface area (Å²) in [5, 5.41) is 26.7. The Bertz CT molecular complexity index is 1070. The Labute approximate surface area is 221 Å². The van der Waals surface area contributed by atoms with Gasteiger partial charge in [-0.15, -0.1) is 0 Å². The number of nitrogens with zero attached hydrogens (tertiary/aromatic N) is 2. The second-order valence-corrected chi connectivity index (χ2v) is 12.4. The lowest BCUT2D eigenvalue weighted by Crippen LogP contribution is -2.62. The first-order chi connectivity index (χ1) is 17.8. The van der Waals surface area contributed by atoms with Crippen molar-refractivity contribution in [3.8, 4) is 0 Å². The van der Waals surface area contributed by atoms with Crippen molar-refractivity contribution < 1.29 is 10.2 Å². The van der Waals surface area contributed by atoms with Crippen molar-refractivity contribution in [2.45, 2.75) is 83.3 Å². The molecule has 4 aliphatic rings. The van der Waals surface area contributed by atoms with Crippen molar-refractivity contribution in [3.05, 3.63) is 54.6 Å². The van der Waals surface area contributed by atoms with E-state index in [1.54, 1.807) is 6.21 Å². The van der Waals surface area contributed by atoms with Crippen LogP contribution in [0, 0.1) is 34.5 Å². The number of hydrogen-bond acceptors (Lipinski definition) is 4. The second-order valence-electron chi connectivity index (χ2n) is 12.4. The molecule has 1 aromatic rings. The van der Waals surface area contributed by atoms with E-state index in [-0.39, 0.29) is 22.9 Å². The number of benzene rings is 1. The van der Waals surface area contributed by atoms with Gasteiger partial charge in [0.1, 0.15) is 0 Å². The lowest BCUT2D eigenvalue weighted by atomic mass is 9.43. The van der Waals surface area contributed by atoms with E-state index in [1.165, 1.54) is 6.42 Å². The van der Waals surface area contributed by atoms with Gasteiger partial charge in [0.05, 0.1) is 17.4 Å². The first-order valence-electron chi connectivity index (χ1n) is 14.2. The summed E-state index contributed by atoms with van der Waals surface area (Å²) in [5.41, 5.74) is 9.00. The zero-order chi connectivity index (χ0) is 26.1. The zero-order valence-electron chi connectivity index (χ0n) is 22.4. The lowest BCUT2D eigenvalue weighted by Gasteiger charge is -2.63. The van der Waals surface area contributed by atoms with Gasteiger partial charge in [-0.1, -0.05) is 50.3 Å². The SMILES string of the molecule is C[C@]12CC[C@H](O)C[C@H]1CC[C@@H]1[C@@H]2CC[C@]2(C)[C@@H](/C=C/C=C/C=N/NC(N)=Nc3ccccc3)CC[C@]12O. The molecule has 5 N–H and O–H groups in total. The number of allylic oxidation sites excluding steroid dienone is 4. The summed E-state index contributed by atoms with van der Waals surface area (Å²) in [4.78, 5) is 4.25. The number of aliphatic imine (C=N–C) groups is 1. The minimum Gasteiger partial charge on any atom is -0.393 e. The highest BCUT2D eigenvalue weighted by molar-refractivity contribution is 5.82. The van der Waals surface area contributed by atoms with Gasteiger partial charge in [-0.05, 0) is 105 Å². The van der Waals surface area contributed by atoms with Gasteiger partial charge in [-0.2, -0.15) is 5.10 Å². The third-order valence-electron chi connectivity index (χ3n) is 10.8. The van der Waals surface area contributed by atoms with E-state index in [2.05, 4.69) is 41.5 Å². The first kappa shape index (κ1) is 26.2. The highest BCUT2D eigenvalue weighted by Gasteiger charge is 2.66. The van der Waals surface area contributed by atoms with Crippen LogP contribution < -0.4 is 11.2 Å². The second kappa shape index (κ2) is 10.4. The van der Waals surface area contributed by atoms with Crippen molar-refractivity contribution in [1.29, 1.82) is 0 Å². The van der Waals surface area contributed by atoms with Gasteiger partial charge in [-0.3, -0.25) is 0 Å². The van der Waals surface area contributed by atoms with Gasteiger partial charge >= 0.3 is 0 Å². The Kier molecular flexibility index (Phi) is 7.34. The predicted molar refractivity (Wildman–Crippen MR) is 150 cm³/mol. The summed E-state index contributed by atoms with van der Waals surface area (Å²) in [5.74, 6) is 2.21. The Morgan fingerprint density at radius 1 is 0.973 bits per heavy atom. The Morgan fingerprint density at radius 2 is 1.78 bits per heavy atom. The molecule has 6 nitrogen and oxygen atoms in total. The molecule has 5 rings (SSSR count). The minimum absolute atomic E-state index is 0.0755. The maximum absolute atomic E-state index is 12.3. The van der Waals surface area contributed by atoms with Crippen molar-refractivity contribution in [2.24, 2.45) is 50.3 Å². The first-order valence-corrected chi connectivity index (χ1v) is 14.2. The average molecular weight is 505 g/mol. The van der Waals surface area contributed by atoms with Crippen LogP contribution in [-0.2, 0) is 0 Å². The molecule has 8 atom stereocenters. The highest BCUT2D eigenvalue weighted by Crippen LogP contribution is 2.69. The molecule has 0 bridgehead atoms. The molecule has 0 radical (unpaired) electrons. The number of fused-ring (bicyclic) bond motifs is 5. The molecule has 37 heavy (non-hydrogen) atoms. The fourth-order valence-corrected chi connectivity index (χ4v) is 8.68. The summed E-state index contributed by atoms with van der Waals surface area (Å²) in [6, 6.07) is 9.52. The van der Waals surface area contributed by atoms with E-state index in [1.807, 2.05) is 42.5 Å². The molecule has 0 spiro atoms. The Morgan fingerprint density at radius 3 is 2.59 bits per heavy atom. The molecule has 0 unspecified atom stereocenters. The molecular formula is C31H44N4O2. The van der Waals surface area contributed by atoms with E-state index < -0.39 is 5.60 Å². The molecule has 4 saturated carbocycles. The minimum atomic E-state index is -0.584. The number of hydrazone groups is 1. The topological polar surface area (TPSA) is 103 Å². The van der Waals surface area contributed by atoms with E-state index in [9.17, 15) is 10.2 Å². The summed E-state index contributed by atoms with van der Waals surface area (Å²) in [6.07, 6.45) is 19.3. The molecule has 0 heterocycles. The number of nitrogens with two attached hydrogens (primary N) is 1. The largest absolute Gasteiger partial charge is 0.393 e. The van der Waals surface area contributed by atoms with E-state index in [0.29, 0.717) is 23.7 Å². The van der Waals surface area contributed by atoms with Gasteiger partial charge in [0.25, 0.3) is 0 Å². The van der Waals surface area contributed by atoms with Crippen molar-refractivity contribution in [1.82, 2.24) is 5.43 Å². The van der Waals surface area contributed by atoms with Gasteiger partial charge in [-0.25, -0.2) is 10.4 Å². The number of aliphatic hydroxyl groups is 2. The summed E-state index contributed by atoms with van der Waals surface area (Å²) in [6.45, 7) is 4.81. The standard InChI is InChI=1S/C31H44N4O2/c1-29-17-15-25(36)21-23(29)12-13-27-26(29)16-18-30(2)22(14-19-31(27,30)37)9-5-4-8-20-33-35-28(32)34-24-10-6-3-7-11-24/h3-11,20,22-23,25-27,36-37H,12-19,21H2,1-2H3,(H3,32,34,35)/b8-4+,9-5+,33-20+/t22-,23+,25-,26-,27+,29-,30+,31-/m0/s1. The molecule has 6 heteroatoms. The van der Waals surface area contributed by atoms with Crippen LogP contribution >= 0.6 is 0 Å². The van der Waals surface area contributed by atoms with Gasteiger partial charge in [0.15, 0.2) is 0 Å². The normalized spacial score (nSPS) is 42.2. The molecular weight excluding hydrogens is 460 g/mol. The molecule has 0 amide bonds. The highest BCUT2D eigenvalue weighted by atomic mass is 16.3. The third-order valence-corrected chi connectivity index (χ3v) is 10.8. The maximum atomic E-state index is 12.3. The molecule has 1 aromatic carbocycles. The van der Waals surface area contributed by atoms with Gasteiger partial charge in [0, 0.05) is 11.6 Å². The van der Waals surface area contributed by atoms with E-state index in [0.717, 1.165) is 57.1 Å². The fraction of sp³-hybridized carbons (Fsp3) is 0.613. The van der Waals surface area contributed by atoms with Crippen LogP contribution in [0.2, 0.25) is 0 Å². The fourth-order valence-electron chi connectivity index (χ4n) is 8.68. The van der Waals surface area contributed by atoms with E-state index in [4.69, 9.17) is 5.73 Å². The molecule has 200 valence electrons. The zero-order valence-corrected chi connectivity index (χ0v) is 22.4. The van der Waals surface area contributed by atoms with Crippen molar-refractivity contribution in [2.75, 3.05) is 0 Å². The van der Waals surface area contributed by atoms with Crippen LogP contribution in [0.1, 0.15) is 71.6 Å². The van der Waals surface area contributed by atoms with Crippen LogP contribution in [0.5, 0.6) is 0 Å². The third kappa shape index (κ3) is 4.79. The molecule has 4 aliphatic carbocycles. The van der Waals surface area contributed by atoms with Crippen LogP contribution in [-0.4, -0.2) is 34.1 Å². The monoisotopic (exact) mass is 504 g/mol. The maximum Gasteiger partial charge on any atom is 0.214 e. The number of aliphatic hydroxyl groups excluding tert-OH is 1. The van der Waals surface area contributed by atoms with Crippen molar-refractivity contribution in [3.63, 3.8) is 0 Å². The van der Waals surface area contributed by atoms with Crippen LogP contribution in [0.3, 0.4) is 0 Å². The van der Waals surface area contributed by atoms with Crippen LogP contribution in [0.25, 0.3) is 0 Å². The predicted octanol–water partition coefficient (Wildman–Crippen LogP) is 5.46. The van der Waals surface area contributed by atoms with Gasteiger partial charge in [0.2, 0.25) is 5.96 Å². The van der Waals surface area contributed by atoms with Crippen LogP contribution in [0.15, 0.2) is 64.7 Å². The number of para-hydroxylation sites is 1. The number of guanidine groups is 1. The number of rotatable bonds is 5. The van der Waals surface area contributed by atoms with Crippen molar-refractivity contribution >= 4 is 17.9 Å². The summed E-state index contributed by atoms with van der Waals surface area (Å²) < 4.78 is 0. The molecule has 0 saturated heterocycles. The van der Waals surface area contributed by atoms with Gasteiger partial charge < -0.3 is 15.9 Å². The van der Waals surface area contributed by atoms with Crippen LogP contribution in [0.4, 0.5) is 5.69 Å². The average Bonchev–Trinajstić information content (AvgIpc) is 3.15. The summed E-state index contributed by atoms with van der Waals surface area (Å²) >= 11 is 0. The smallest absolute Gasteiger partial charge is 0.214 e. The van der Waals surface area contributed by atoms with E-state index >= 15 is 0 Å². The quantitative estimate of drug-likeness (QED) is 0.185.